The second-order valence-corrected chi connectivity index (χ2v) is 8.46. The second-order valence-electron chi connectivity index (χ2n) is 8.46. The maximum atomic E-state index is 13.6. The van der Waals surface area contributed by atoms with E-state index < -0.39 is 23.6 Å². The lowest BCUT2D eigenvalue weighted by Crippen LogP contribution is -2.20. The van der Waals surface area contributed by atoms with Crippen LogP contribution in [0.3, 0.4) is 0 Å². The number of carbonyl (C=O) groups excluding carboxylic acids is 1. The zero-order chi connectivity index (χ0) is 24.9. The predicted octanol–water partition coefficient (Wildman–Crippen LogP) is 5.90. The number of nitrogens with zero attached hydrogens (tertiary/aromatic N) is 3. The lowest BCUT2D eigenvalue weighted by Gasteiger charge is -2.12. The van der Waals surface area contributed by atoms with Crippen LogP contribution in [0.25, 0.3) is 22.2 Å². The molecule has 1 aliphatic rings. The molecule has 2 aromatic heterocycles. The fraction of sp³-hybridized carbons (Fsp3) is 0.208. The third kappa shape index (κ3) is 4.61. The molecule has 0 aliphatic heterocycles. The van der Waals surface area contributed by atoms with Crippen molar-refractivity contribution in [2.24, 2.45) is 7.05 Å². The topological polar surface area (TPSA) is 97.9 Å². The van der Waals surface area contributed by atoms with E-state index in [2.05, 4.69) is 15.7 Å². The Kier molecular flexibility index (Phi) is 5.34. The van der Waals surface area contributed by atoms with E-state index in [1.165, 1.54) is 0 Å². The molecular formula is C24H20F4N6O. The lowest BCUT2D eigenvalue weighted by atomic mass is 10.0. The number of halogens is 4. The summed E-state index contributed by atoms with van der Waals surface area (Å²) in [5, 5.41) is 9.79. The van der Waals surface area contributed by atoms with Crippen LogP contribution in [-0.2, 0) is 13.2 Å². The van der Waals surface area contributed by atoms with Gasteiger partial charge in [0.1, 0.15) is 5.82 Å². The zero-order valence-electron chi connectivity index (χ0n) is 18.4. The molecule has 180 valence electrons. The van der Waals surface area contributed by atoms with Crippen LogP contribution in [-0.4, -0.2) is 20.8 Å². The van der Waals surface area contributed by atoms with Gasteiger partial charge in [0, 0.05) is 30.0 Å². The molecule has 1 saturated carbocycles. The minimum atomic E-state index is -4.74. The number of anilines is 3. The van der Waals surface area contributed by atoms with Crippen molar-refractivity contribution >= 4 is 34.3 Å². The molecule has 1 fully saturated rings. The number of aryl methyl sites for hydroxylation is 1. The number of hydrogen-bond acceptors (Lipinski definition) is 4. The van der Waals surface area contributed by atoms with Crippen LogP contribution in [0.15, 0.2) is 48.5 Å². The molecule has 35 heavy (non-hydrogen) atoms. The molecule has 2 heterocycles. The number of carbonyl (C=O) groups is 1. The van der Waals surface area contributed by atoms with Crippen molar-refractivity contribution in [2.75, 3.05) is 16.4 Å². The van der Waals surface area contributed by atoms with E-state index in [1.54, 1.807) is 36.0 Å². The van der Waals surface area contributed by atoms with E-state index in [0.717, 1.165) is 41.1 Å². The molecule has 2 amide bonds. The summed E-state index contributed by atoms with van der Waals surface area (Å²) in [5.41, 5.74) is 8.41. The summed E-state index contributed by atoms with van der Waals surface area (Å²) < 4.78 is 53.9. The minimum Gasteiger partial charge on any atom is -0.382 e. The monoisotopic (exact) mass is 484 g/mol. The molecule has 1 aliphatic carbocycles. The van der Waals surface area contributed by atoms with Gasteiger partial charge in [-0.2, -0.15) is 18.3 Å². The summed E-state index contributed by atoms with van der Waals surface area (Å²) in [6, 6.07) is 9.91. The Morgan fingerprint density at radius 3 is 2.40 bits per heavy atom. The molecule has 0 saturated heterocycles. The number of urea groups is 1. The molecule has 0 unspecified atom stereocenters. The summed E-state index contributed by atoms with van der Waals surface area (Å²) in [6.45, 7) is 0. The van der Waals surface area contributed by atoms with Crippen molar-refractivity contribution in [1.29, 1.82) is 0 Å². The average Bonchev–Trinajstić information content (AvgIpc) is 3.59. The first kappa shape index (κ1) is 22.6. The molecule has 5 rings (SSSR count). The van der Waals surface area contributed by atoms with Crippen LogP contribution in [0.1, 0.15) is 30.0 Å². The second kappa shape index (κ2) is 8.26. The number of benzene rings is 2. The SMILES string of the molecule is Cn1nc(N)c2c(-c3ccc(NC(=O)Nc4cc(F)cc(C(F)(F)F)c4)cc3)cc(C3CC3)nc21. The standard InChI is InChI=1S/C24H20F4N6O/c1-34-22-20(21(29)33-34)18(11-19(32-22)13-2-3-13)12-4-6-16(7-5-12)30-23(35)31-17-9-14(24(26,27)28)8-15(25)10-17/h4-11,13H,2-3H2,1H3,(H2,29,33)(H2,30,31,35). The summed E-state index contributed by atoms with van der Waals surface area (Å²) in [4.78, 5) is 17.0. The Morgan fingerprint density at radius 2 is 1.74 bits per heavy atom. The van der Waals surface area contributed by atoms with Crippen LogP contribution < -0.4 is 16.4 Å². The fourth-order valence-corrected chi connectivity index (χ4v) is 3.96. The van der Waals surface area contributed by atoms with Gasteiger partial charge in [-0.15, -0.1) is 0 Å². The number of nitrogens with one attached hydrogen (secondary N) is 2. The van der Waals surface area contributed by atoms with Crippen molar-refractivity contribution < 1.29 is 22.4 Å². The number of aromatic nitrogens is 3. The maximum absolute atomic E-state index is 13.6. The molecule has 0 atom stereocenters. The van der Waals surface area contributed by atoms with E-state index in [-0.39, 0.29) is 5.69 Å². The molecule has 0 bridgehead atoms. The van der Waals surface area contributed by atoms with Gasteiger partial charge >= 0.3 is 12.2 Å². The van der Waals surface area contributed by atoms with Gasteiger partial charge in [-0.25, -0.2) is 18.9 Å². The molecule has 7 nitrogen and oxygen atoms in total. The van der Waals surface area contributed by atoms with Crippen LogP contribution in [0.2, 0.25) is 0 Å². The van der Waals surface area contributed by atoms with Gasteiger partial charge in [0.15, 0.2) is 11.5 Å². The molecule has 0 spiro atoms. The smallest absolute Gasteiger partial charge is 0.382 e. The Balaban J connectivity index is 1.37. The first-order valence-corrected chi connectivity index (χ1v) is 10.8. The fourth-order valence-electron chi connectivity index (χ4n) is 3.96. The summed E-state index contributed by atoms with van der Waals surface area (Å²) >= 11 is 0. The largest absolute Gasteiger partial charge is 0.416 e. The molecule has 4 N–H and O–H groups in total. The third-order valence-electron chi connectivity index (χ3n) is 5.77. The summed E-state index contributed by atoms with van der Waals surface area (Å²) in [5.74, 6) is -0.328. The highest BCUT2D eigenvalue weighted by atomic mass is 19.4. The quantitative estimate of drug-likeness (QED) is 0.314. The van der Waals surface area contributed by atoms with Gasteiger partial charge in [-0.05, 0) is 60.4 Å². The Bertz CT molecular complexity index is 1440. The predicted molar refractivity (Wildman–Crippen MR) is 124 cm³/mol. The van der Waals surface area contributed by atoms with E-state index >= 15 is 0 Å². The molecule has 0 radical (unpaired) electrons. The van der Waals surface area contributed by atoms with E-state index in [9.17, 15) is 22.4 Å². The molecular weight excluding hydrogens is 464 g/mol. The lowest BCUT2D eigenvalue weighted by molar-refractivity contribution is -0.137. The Morgan fingerprint density at radius 1 is 1.06 bits per heavy atom. The Hall–Kier alpha value is -4.15. The van der Waals surface area contributed by atoms with Crippen LogP contribution in [0.4, 0.5) is 39.5 Å². The van der Waals surface area contributed by atoms with Crippen LogP contribution in [0, 0.1) is 5.82 Å². The Labute approximate surface area is 197 Å². The number of hydrogen-bond donors (Lipinski definition) is 3. The van der Waals surface area contributed by atoms with Crippen molar-refractivity contribution in [3.05, 3.63) is 65.6 Å². The zero-order valence-corrected chi connectivity index (χ0v) is 18.4. The van der Waals surface area contributed by atoms with Crippen molar-refractivity contribution in [1.82, 2.24) is 14.8 Å². The number of nitrogen functional groups attached to an aromatic ring is 1. The van der Waals surface area contributed by atoms with Gasteiger partial charge in [0.05, 0.1) is 10.9 Å². The summed E-state index contributed by atoms with van der Waals surface area (Å²) in [6.07, 6.45) is -2.57. The highest BCUT2D eigenvalue weighted by Gasteiger charge is 2.31. The number of alkyl halides is 3. The molecule has 2 aromatic carbocycles. The number of nitrogens with two attached hydrogens (primary N) is 1. The maximum Gasteiger partial charge on any atom is 0.416 e. The molecule has 4 aromatic rings. The third-order valence-corrected chi connectivity index (χ3v) is 5.77. The number of rotatable bonds is 4. The van der Waals surface area contributed by atoms with E-state index in [0.29, 0.717) is 35.2 Å². The molecule has 11 heteroatoms. The van der Waals surface area contributed by atoms with Gasteiger partial charge in [-0.3, -0.25) is 0 Å². The van der Waals surface area contributed by atoms with Crippen LogP contribution in [0.5, 0.6) is 0 Å². The first-order valence-electron chi connectivity index (χ1n) is 10.8. The normalized spacial score (nSPS) is 13.7. The van der Waals surface area contributed by atoms with Gasteiger partial charge in [0.25, 0.3) is 0 Å². The number of fused-ring (bicyclic) bond motifs is 1. The van der Waals surface area contributed by atoms with Crippen molar-refractivity contribution in [2.45, 2.75) is 24.9 Å². The average molecular weight is 484 g/mol. The summed E-state index contributed by atoms with van der Waals surface area (Å²) in [7, 11) is 1.79. The van der Waals surface area contributed by atoms with Gasteiger partial charge < -0.3 is 16.4 Å². The van der Waals surface area contributed by atoms with Crippen molar-refractivity contribution in [3.63, 3.8) is 0 Å². The highest BCUT2D eigenvalue weighted by Crippen LogP contribution is 2.42. The van der Waals surface area contributed by atoms with E-state index in [1.807, 2.05) is 6.07 Å². The number of pyridine rings is 1. The number of amides is 2. The van der Waals surface area contributed by atoms with Crippen molar-refractivity contribution in [3.8, 4) is 11.1 Å². The van der Waals surface area contributed by atoms with E-state index in [4.69, 9.17) is 10.7 Å². The van der Waals surface area contributed by atoms with Gasteiger partial charge in [-0.1, -0.05) is 12.1 Å². The first-order chi connectivity index (χ1) is 16.6. The van der Waals surface area contributed by atoms with Crippen LogP contribution >= 0.6 is 0 Å². The minimum absolute atomic E-state index is 0.315. The van der Waals surface area contributed by atoms with Gasteiger partial charge in [0.2, 0.25) is 0 Å². The highest BCUT2D eigenvalue weighted by molar-refractivity contribution is 6.02.